The first-order valence-electron chi connectivity index (χ1n) is 9.59. The number of benzene rings is 1. The third-order valence-electron chi connectivity index (χ3n) is 4.87. The molecule has 5 heteroatoms. The molecule has 2 atom stereocenters. The molecule has 0 unspecified atom stereocenters. The van der Waals surface area contributed by atoms with Crippen LogP contribution in [0.25, 0.3) is 0 Å². The zero-order chi connectivity index (χ0) is 20.9. The molecule has 0 saturated carbocycles. The van der Waals surface area contributed by atoms with Crippen LogP contribution in [0.4, 0.5) is 4.79 Å². The van der Waals surface area contributed by atoms with Crippen LogP contribution in [0.5, 0.6) is 0 Å². The molecular weight excluding hydrogens is 354 g/mol. The minimum absolute atomic E-state index is 0.0669. The average molecular weight is 392 g/mol. The molecule has 1 aromatic rings. The highest BCUT2D eigenvalue weighted by Crippen LogP contribution is 2.38. The molecule has 4 nitrogen and oxygen atoms in total. The van der Waals surface area contributed by atoms with Gasteiger partial charge in [0, 0.05) is 0 Å². The van der Waals surface area contributed by atoms with Crippen molar-refractivity contribution >= 4 is 14.4 Å². The Morgan fingerprint density at radius 3 is 2.15 bits per heavy atom. The number of hydrogen-bond acceptors (Lipinski definition) is 3. The lowest BCUT2D eigenvalue weighted by Gasteiger charge is -2.40. The fraction of sp³-hybridized carbons (Fsp3) is 0.591. The van der Waals surface area contributed by atoms with E-state index in [1.54, 1.807) is 6.08 Å². The summed E-state index contributed by atoms with van der Waals surface area (Å²) >= 11 is 0. The molecule has 0 aliphatic heterocycles. The highest BCUT2D eigenvalue weighted by atomic mass is 28.4. The number of carbonyl (C=O) groups is 1. The van der Waals surface area contributed by atoms with Gasteiger partial charge in [-0.05, 0) is 50.9 Å². The van der Waals surface area contributed by atoms with Crippen molar-refractivity contribution < 1.29 is 14.0 Å². The van der Waals surface area contributed by atoms with E-state index in [9.17, 15) is 4.79 Å². The number of nitrogens with one attached hydrogen (secondary N) is 1. The maximum atomic E-state index is 12.4. The smallest absolute Gasteiger partial charge is 0.407 e. The van der Waals surface area contributed by atoms with Crippen LogP contribution in [0.3, 0.4) is 0 Å². The molecule has 1 amide bonds. The number of carbonyl (C=O) groups excluding carboxylic acids is 1. The van der Waals surface area contributed by atoms with Crippen LogP contribution in [0.2, 0.25) is 18.1 Å². The van der Waals surface area contributed by atoms with Crippen molar-refractivity contribution in [3.05, 3.63) is 48.6 Å². The lowest BCUT2D eigenvalue weighted by Crippen LogP contribution is -2.52. The van der Waals surface area contributed by atoms with Crippen molar-refractivity contribution in [2.75, 3.05) is 0 Å². The van der Waals surface area contributed by atoms with Crippen LogP contribution in [-0.4, -0.2) is 32.2 Å². The molecule has 27 heavy (non-hydrogen) atoms. The third-order valence-corrected chi connectivity index (χ3v) is 9.34. The second-order valence-corrected chi connectivity index (χ2v) is 14.3. The van der Waals surface area contributed by atoms with Gasteiger partial charge in [-0.15, -0.1) is 6.58 Å². The van der Waals surface area contributed by atoms with Gasteiger partial charge in [-0.2, -0.15) is 0 Å². The van der Waals surface area contributed by atoms with E-state index in [-0.39, 0.29) is 17.2 Å². The zero-order valence-electron chi connectivity index (χ0n) is 18.3. The molecule has 0 heterocycles. The molecule has 0 aliphatic rings. The molecule has 0 aliphatic carbocycles. The Labute approximate surface area is 166 Å². The Bertz CT molecular complexity index is 615. The number of rotatable bonds is 7. The summed E-state index contributed by atoms with van der Waals surface area (Å²) in [5, 5.41) is 3.08. The Hall–Kier alpha value is -1.59. The van der Waals surface area contributed by atoms with E-state index >= 15 is 0 Å². The molecule has 152 valence electrons. The van der Waals surface area contributed by atoms with Crippen LogP contribution >= 0.6 is 0 Å². The molecule has 1 aromatic carbocycles. The van der Waals surface area contributed by atoms with E-state index in [0.717, 1.165) is 5.56 Å². The summed E-state index contributed by atoms with van der Waals surface area (Å²) < 4.78 is 12.0. The summed E-state index contributed by atoms with van der Waals surface area (Å²) in [6.07, 6.45) is 1.71. The van der Waals surface area contributed by atoms with Crippen molar-refractivity contribution in [1.29, 1.82) is 0 Å². The predicted octanol–water partition coefficient (Wildman–Crippen LogP) is 5.70. The molecule has 0 fully saturated rings. The number of hydrogen-bond donors (Lipinski definition) is 1. The first-order chi connectivity index (χ1) is 12.2. The Morgan fingerprint density at radius 1 is 1.15 bits per heavy atom. The van der Waals surface area contributed by atoms with Crippen LogP contribution in [-0.2, 0) is 15.6 Å². The van der Waals surface area contributed by atoms with Crippen molar-refractivity contribution in [2.24, 2.45) is 0 Å². The third kappa shape index (κ3) is 7.89. The second kappa shape index (κ2) is 9.07. The van der Waals surface area contributed by atoms with E-state index in [0.29, 0.717) is 6.42 Å². The largest absolute Gasteiger partial charge is 0.444 e. The average Bonchev–Trinajstić information content (AvgIpc) is 2.50. The fourth-order valence-corrected chi connectivity index (χ4v) is 3.68. The van der Waals surface area contributed by atoms with E-state index in [1.165, 1.54) is 0 Å². The van der Waals surface area contributed by atoms with Crippen LogP contribution in [0.15, 0.2) is 43.0 Å². The summed E-state index contributed by atoms with van der Waals surface area (Å²) in [5.41, 5.74) is 0.579. The number of amides is 1. The van der Waals surface area contributed by atoms with Gasteiger partial charge in [0.05, 0.1) is 12.1 Å². The molecule has 0 aromatic heterocycles. The normalized spacial score (nSPS) is 15.0. The summed E-state index contributed by atoms with van der Waals surface area (Å²) in [5.74, 6) is 0. The minimum Gasteiger partial charge on any atom is -0.444 e. The second-order valence-electron chi connectivity index (χ2n) is 9.52. The quantitative estimate of drug-likeness (QED) is 0.479. The number of alkyl carbamates (subject to hydrolysis) is 1. The minimum atomic E-state index is -2.03. The molecule has 1 rings (SSSR count). The highest BCUT2D eigenvalue weighted by molar-refractivity contribution is 6.74. The Kier molecular flexibility index (Phi) is 7.87. The van der Waals surface area contributed by atoms with Gasteiger partial charge in [0.1, 0.15) is 5.60 Å². The van der Waals surface area contributed by atoms with Crippen LogP contribution in [0, 0.1) is 0 Å². The standard InChI is InChI=1S/C22H37NO3Si/c1-10-19(26-27(8,9)22(5,6)7)18(16-17-14-12-11-13-15-17)23-20(24)25-21(2,3)4/h10-15,18-19H,1,16H2,2-9H3,(H,23,24)/t18-,19+/m0/s1. The number of ether oxygens (including phenoxy) is 1. The lowest BCUT2D eigenvalue weighted by atomic mass is 10.0. The van der Waals surface area contributed by atoms with Crippen molar-refractivity contribution in [3.8, 4) is 0 Å². The van der Waals surface area contributed by atoms with Crippen molar-refractivity contribution in [2.45, 2.75) is 83.8 Å². The Balaban J connectivity index is 3.06. The van der Waals surface area contributed by atoms with E-state index in [1.807, 2.05) is 39.0 Å². The van der Waals surface area contributed by atoms with Gasteiger partial charge in [-0.1, -0.05) is 57.2 Å². The molecule has 0 saturated heterocycles. The summed E-state index contributed by atoms with van der Waals surface area (Å²) in [6.45, 7) is 20.6. The van der Waals surface area contributed by atoms with Gasteiger partial charge in [-0.3, -0.25) is 0 Å². The molecule has 0 bridgehead atoms. The van der Waals surface area contributed by atoms with Crippen LogP contribution in [0.1, 0.15) is 47.1 Å². The predicted molar refractivity (Wildman–Crippen MR) is 116 cm³/mol. The first kappa shape index (κ1) is 23.4. The van der Waals surface area contributed by atoms with E-state index in [2.05, 4.69) is 57.9 Å². The van der Waals surface area contributed by atoms with Gasteiger partial charge >= 0.3 is 6.09 Å². The fourth-order valence-electron chi connectivity index (χ4n) is 2.39. The topological polar surface area (TPSA) is 47.6 Å². The van der Waals surface area contributed by atoms with Gasteiger partial charge in [0.25, 0.3) is 0 Å². The maximum absolute atomic E-state index is 12.4. The highest BCUT2D eigenvalue weighted by Gasteiger charge is 2.40. The summed E-state index contributed by atoms with van der Waals surface area (Å²) in [7, 11) is -2.03. The maximum Gasteiger partial charge on any atom is 0.407 e. The Morgan fingerprint density at radius 2 is 1.70 bits per heavy atom. The van der Waals surface area contributed by atoms with Crippen LogP contribution < -0.4 is 5.32 Å². The zero-order valence-corrected chi connectivity index (χ0v) is 19.3. The molecular formula is C22H37NO3Si. The molecule has 0 radical (unpaired) electrons. The molecule has 0 spiro atoms. The van der Waals surface area contributed by atoms with E-state index < -0.39 is 20.0 Å². The first-order valence-corrected chi connectivity index (χ1v) is 12.5. The summed E-state index contributed by atoms with van der Waals surface area (Å²) in [4.78, 5) is 12.4. The van der Waals surface area contributed by atoms with Gasteiger partial charge in [-0.25, -0.2) is 4.79 Å². The summed E-state index contributed by atoms with van der Waals surface area (Å²) in [6, 6.07) is 9.83. The lowest BCUT2D eigenvalue weighted by molar-refractivity contribution is 0.0461. The van der Waals surface area contributed by atoms with Gasteiger partial charge in [0.2, 0.25) is 0 Å². The van der Waals surface area contributed by atoms with Gasteiger partial charge in [0.15, 0.2) is 8.32 Å². The monoisotopic (exact) mass is 391 g/mol. The van der Waals surface area contributed by atoms with Crippen molar-refractivity contribution in [3.63, 3.8) is 0 Å². The molecule has 1 N–H and O–H groups in total. The SMILES string of the molecule is C=C[C@@H](O[Si](C)(C)C(C)(C)C)[C@H](Cc1ccccc1)NC(=O)OC(C)(C)C. The van der Waals surface area contributed by atoms with E-state index in [4.69, 9.17) is 9.16 Å². The van der Waals surface area contributed by atoms with Gasteiger partial charge < -0.3 is 14.5 Å². The van der Waals surface area contributed by atoms with Crippen molar-refractivity contribution in [1.82, 2.24) is 5.32 Å².